The van der Waals surface area contributed by atoms with Crippen LogP contribution in [-0.2, 0) is 9.05 Å². The predicted molar refractivity (Wildman–Crippen MR) is 61.5 cm³/mol. The quantitative estimate of drug-likeness (QED) is 0.450. The first kappa shape index (κ1) is 12.9. The fourth-order valence-electron chi connectivity index (χ4n) is 0.861. The molecule has 0 amide bonds. The number of hydrogen-bond acceptors (Lipinski definition) is 4. The second kappa shape index (κ2) is 4.36. The van der Waals surface area contributed by atoms with Gasteiger partial charge in [0.2, 0.25) is 0 Å². The molecule has 1 aromatic carbocycles. The van der Waals surface area contributed by atoms with Crippen LogP contribution in [0.2, 0.25) is 0 Å². The molecular weight excluding hydrogens is 377 g/mol. The van der Waals surface area contributed by atoms with Gasteiger partial charge in [-0.25, -0.2) is 8.42 Å². The molecular formula is C6H2Br2ClNO4S. The summed E-state index contributed by atoms with van der Waals surface area (Å²) < 4.78 is 22.2. The number of nitro benzene ring substituents is 1. The van der Waals surface area contributed by atoms with E-state index in [4.69, 9.17) is 10.7 Å². The van der Waals surface area contributed by atoms with Gasteiger partial charge in [0.25, 0.3) is 14.7 Å². The highest BCUT2D eigenvalue weighted by atomic mass is 79.9. The standard InChI is InChI=1S/C6H2Br2ClNO4S/c7-3-1-4(10(11)12)6(8)5(2-3)15(9,13)14/h1-2H. The van der Waals surface area contributed by atoms with Crippen molar-refractivity contribution in [1.29, 1.82) is 0 Å². The van der Waals surface area contributed by atoms with Gasteiger partial charge in [-0.05, 0) is 22.0 Å². The molecule has 0 radical (unpaired) electrons. The average molecular weight is 379 g/mol. The molecule has 0 aliphatic carbocycles. The number of halogens is 3. The summed E-state index contributed by atoms with van der Waals surface area (Å²) in [5.74, 6) is 0. The van der Waals surface area contributed by atoms with Gasteiger partial charge < -0.3 is 0 Å². The molecule has 5 nitrogen and oxygen atoms in total. The van der Waals surface area contributed by atoms with Crippen LogP contribution < -0.4 is 0 Å². The molecule has 0 N–H and O–H groups in total. The van der Waals surface area contributed by atoms with E-state index in [9.17, 15) is 18.5 Å². The molecule has 0 atom stereocenters. The van der Waals surface area contributed by atoms with E-state index in [1.54, 1.807) is 0 Å². The van der Waals surface area contributed by atoms with E-state index < -0.39 is 14.0 Å². The highest BCUT2D eigenvalue weighted by Gasteiger charge is 2.23. The molecule has 82 valence electrons. The maximum Gasteiger partial charge on any atom is 0.286 e. The number of rotatable bonds is 2. The fraction of sp³-hybridized carbons (Fsp3) is 0. The zero-order valence-electron chi connectivity index (χ0n) is 6.78. The van der Waals surface area contributed by atoms with Gasteiger partial charge in [0.1, 0.15) is 9.37 Å². The third-order valence-electron chi connectivity index (χ3n) is 1.44. The van der Waals surface area contributed by atoms with E-state index in [2.05, 4.69) is 31.9 Å². The maximum atomic E-state index is 11.1. The minimum Gasteiger partial charge on any atom is -0.258 e. The maximum absolute atomic E-state index is 11.1. The van der Waals surface area contributed by atoms with Crippen LogP contribution in [0.15, 0.2) is 26.0 Å². The van der Waals surface area contributed by atoms with Crippen molar-refractivity contribution in [3.05, 3.63) is 31.2 Å². The average Bonchev–Trinajstić information content (AvgIpc) is 2.06. The summed E-state index contributed by atoms with van der Waals surface area (Å²) in [4.78, 5) is 9.52. The number of hydrogen-bond donors (Lipinski definition) is 0. The highest BCUT2D eigenvalue weighted by molar-refractivity contribution is 9.11. The number of nitro groups is 1. The summed E-state index contributed by atoms with van der Waals surface area (Å²) in [6.45, 7) is 0. The molecule has 0 aromatic heterocycles. The van der Waals surface area contributed by atoms with Crippen molar-refractivity contribution in [2.24, 2.45) is 0 Å². The van der Waals surface area contributed by atoms with Gasteiger partial charge in [0, 0.05) is 21.2 Å². The van der Waals surface area contributed by atoms with Crippen molar-refractivity contribution in [2.45, 2.75) is 4.90 Å². The Labute approximate surface area is 106 Å². The topological polar surface area (TPSA) is 77.3 Å². The lowest BCUT2D eigenvalue weighted by molar-refractivity contribution is -0.386. The Balaban J connectivity index is 3.63. The Kier molecular flexibility index (Phi) is 3.75. The molecule has 0 bridgehead atoms. The summed E-state index contributed by atoms with van der Waals surface area (Å²) >= 11 is 5.79. The predicted octanol–water partition coefficient (Wildman–Crippen LogP) is 3.05. The van der Waals surface area contributed by atoms with Crippen molar-refractivity contribution in [3.8, 4) is 0 Å². The molecule has 0 aliphatic rings. The van der Waals surface area contributed by atoms with Gasteiger partial charge in [-0.2, -0.15) is 0 Å². The molecule has 1 rings (SSSR count). The van der Waals surface area contributed by atoms with Crippen molar-refractivity contribution in [1.82, 2.24) is 0 Å². The van der Waals surface area contributed by atoms with Crippen molar-refractivity contribution in [3.63, 3.8) is 0 Å². The van der Waals surface area contributed by atoms with E-state index in [0.29, 0.717) is 0 Å². The minimum atomic E-state index is -4.02. The van der Waals surface area contributed by atoms with E-state index in [-0.39, 0.29) is 19.5 Å². The van der Waals surface area contributed by atoms with Crippen molar-refractivity contribution >= 4 is 57.3 Å². The molecule has 15 heavy (non-hydrogen) atoms. The third-order valence-corrected chi connectivity index (χ3v) is 4.34. The monoisotopic (exact) mass is 377 g/mol. The van der Waals surface area contributed by atoms with E-state index in [0.717, 1.165) is 0 Å². The minimum absolute atomic E-state index is 0.161. The van der Waals surface area contributed by atoms with Crippen LogP contribution in [0.25, 0.3) is 0 Å². The Hall–Kier alpha value is -0.180. The Bertz CT molecular complexity index is 530. The van der Waals surface area contributed by atoms with Crippen LogP contribution >= 0.6 is 42.5 Å². The van der Waals surface area contributed by atoms with Crippen LogP contribution in [0.3, 0.4) is 0 Å². The van der Waals surface area contributed by atoms with Crippen molar-refractivity contribution in [2.75, 3.05) is 0 Å². The molecule has 0 unspecified atom stereocenters. The fourth-order valence-corrected chi connectivity index (χ4v) is 3.70. The molecule has 0 fully saturated rings. The van der Waals surface area contributed by atoms with Crippen molar-refractivity contribution < 1.29 is 13.3 Å². The van der Waals surface area contributed by atoms with Gasteiger partial charge in [0.15, 0.2) is 0 Å². The molecule has 0 saturated carbocycles. The summed E-state index contributed by atoms with van der Waals surface area (Å²) in [6.07, 6.45) is 0. The molecule has 0 heterocycles. The van der Waals surface area contributed by atoms with Crippen LogP contribution in [0, 0.1) is 10.1 Å². The summed E-state index contributed by atoms with van der Waals surface area (Å²) in [6, 6.07) is 2.36. The normalized spacial score (nSPS) is 11.4. The second-order valence-corrected chi connectivity index (χ2v) is 6.68. The first-order valence-corrected chi connectivity index (χ1v) is 7.21. The van der Waals surface area contributed by atoms with Crippen LogP contribution in [0.5, 0.6) is 0 Å². The lowest BCUT2D eigenvalue weighted by Gasteiger charge is -2.02. The lowest BCUT2D eigenvalue weighted by atomic mass is 10.3. The highest BCUT2D eigenvalue weighted by Crippen LogP contribution is 2.36. The number of benzene rings is 1. The smallest absolute Gasteiger partial charge is 0.258 e. The molecule has 0 aliphatic heterocycles. The van der Waals surface area contributed by atoms with Gasteiger partial charge in [-0.3, -0.25) is 10.1 Å². The largest absolute Gasteiger partial charge is 0.286 e. The van der Waals surface area contributed by atoms with Gasteiger partial charge in [0.05, 0.1) is 4.92 Å². The van der Waals surface area contributed by atoms with E-state index in [1.165, 1.54) is 12.1 Å². The van der Waals surface area contributed by atoms with Gasteiger partial charge in [-0.15, -0.1) is 0 Å². The Morgan fingerprint density at radius 3 is 2.27 bits per heavy atom. The Morgan fingerprint density at radius 2 is 1.87 bits per heavy atom. The third kappa shape index (κ3) is 2.90. The molecule has 0 saturated heterocycles. The molecule has 1 aromatic rings. The first-order valence-electron chi connectivity index (χ1n) is 3.31. The molecule has 0 spiro atoms. The zero-order valence-corrected chi connectivity index (χ0v) is 11.5. The Morgan fingerprint density at radius 1 is 1.33 bits per heavy atom. The first-order chi connectivity index (χ1) is 6.73. The lowest BCUT2D eigenvalue weighted by Crippen LogP contribution is -1.97. The van der Waals surface area contributed by atoms with E-state index >= 15 is 0 Å². The second-order valence-electron chi connectivity index (χ2n) is 2.43. The van der Waals surface area contributed by atoms with Crippen LogP contribution in [0.1, 0.15) is 0 Å². The SMILES string of the molecule is O=[N+]([O-])c1cc(Br)cc(S(=O)(=O)Cl)c1Br. The molecule has 9 heteroatoms. The van der Waals surface area contributed by atoms with E-state index in [1.807, 2.05) is 0 Å². The summed E-state index contributed by atoms with van der Waals surface area (Å²) in [5, 5.41) is 10.6. The zero-order chi connectivity index (χ0) is 11.8. The summed E-state index contributed by atoms with van der Waals surface area (Å²) in [5.41, 5.74) is -0.372. The summed E-state index contributed by atoms with van der Waals surface area (Å²) in [7, 11) is 1.09. The van der Waals surface area contributed by atoms with Gasteiger partial charge >= 0.3 is 0 Å². The van der Waals surface area contributed by atoms with Crippen LogP contribution in [0.4, 0.5) is 5.69 Å². The van der Waals surface area contributed by atoms with Gasteiger partial charge in [-0.1, -0.05) is 15.9 Å². The van der Waals surface area contributed by atoms with Crippen LogP contribution in [-0.4, -0.2) is 13.3 Å². The number of nitrogens with zero attached hydrogens (tertiary/aromatic N) is 1.